The summed E-state index contributed by atoms with van der Waals surface area (Å²) in [6.07, 6.45) is 0.705. The normalized spacial score (nSPS) is 10.5. The SMILES string of the molecule is CC(C)c1cc(C=O)oc1Br. The number of hydrogen-bond acceptors (Lipinski definition) is 2. The first-order valence-electron chi connectivity index (χ1n) is 3.39. The van der Waals surface area contributed by atoms with E-state index in [1.165, 1.54) is 0 Å². The molecule has 11 heavy (non-hydrogen) atoms. The Morgan fingerprint density at radius 3 is 2.55 bits per heavy atom. The van der Waals surface area contributed by atoms with Crippen LogP contribution in [0.1, 0.15) is 35.9 Å². The Labute approximate surface area is 73.7 Å². The van der Waals surface area contributed by atoms with Gasteiger partial charge in [0, 0.05) is 5.56 Å². The molecule has 0 saturated heterocycles. The summed E-state index contributed by atoms with van der Waals surface area (Å²) in [5, 5.41) is 0. The van der Waals surface area contributed by atoms with Gasteiger partial charge < -0.3 is 4.42 Å². The second-order valence-electron chi connectivity index (χ2n) is 2.65. The molecule has 0 aliphatic rings. The van der Waals surface area contributed by atoms with Crippen molar-refractivity contribution in [3.8, 4) is 0 Å². The molecule has 1 heterocycles. The third kappa shape index (κ3) is 1.71. The number of rotatable bonds is 2. The molecule has 0 bridgehead atoms. The zero-order chi connectivity index (χ0) is 8.43. The van der Waals surface area contributed by atoms with E-state index < -0.39 is 0 Å². The first-order valence-corrected chi connectivity index (χ1v) is 4.19. The Bertz CT molecular complexity index is 263. The average molecular weight is 217 g/mol. The molecular weight excluding hydrogens is 208 g/mol. The molecule has 1 aromatic rings. The minimum absolute atomic E-state index is 0.376. The molecule has 3 heteroatoms. The molecule has 0 atom stereocenters. The van der Waals surface area contributed by atoms with Crippen molar-refractivity contribution in [2.75, 3.05) is 0 Å². The van der Waals surface area contributed by atoms with Gasteiger partial charge in [0.1, 0.15) is 0 Å². The number of halogens is 1. The number of hydrogen-bond donors (Lipinski definition) is 0. The van der Waals surface area contributed by atoms with Crippen molar-refractivity contribution >= 4 is 22.2 Å². The predicted molar refractivity (Wildman–Crippen MR) is 45.9 cm³/mol. The third-order valence-corrected chi connectivity index (χ3v) is 2.09. The molecular formula is C8H9BrO2. The van der Waals surface area contributed by atoms with Gasteiger partial charge in [0.25, 0.3) is 0 Å². The highest BCUT2D eigenvalue weighted by Crippen LogP contribution is 2.27. The largest absolute Gasteiger partial charge is 0.446 e. The van der Waals surface area contributed by atoms with E-state index in [1.54, 1.807) is 6.07 Å². The summed E-state index contributed by atoms with van der Waals surface area (Å²) in [7, 11) is 0. The van der Waals surface area contributed by atoms with E-state index in [2.05, 4.69) is 15.9 Å². The van der Waals surface area contributed by atoms with Crippen LogP contribution < -0.4 is 0 Å². The highest BCUT2D eigenvalue weighted by atomic mass is 79.9. The zero-order valence-electron chi connectivity index (χ0n) is 6.43. The lowest BCUT2D eigenvalue weighted by molar-refractivity contribution is 0.109. The Hall–Kier alpha value is -0.570. The molecule has 2 nitrogen and oxygen atoms in total. The van der Waals surface area contributed by atoms with Crippen LogP contribution in [0.2, 0.25) is 0 Å². The number of carbonyl (C=O) groups is 1. The van der Waals surface area contributed by atoms with Gasteiger partial charge in [-0.1, -0.05) is 13.8 Å². The van der Waals surface area contributed by atoms with Gasteiger partial charge >= 0.3 is 0 Å². The van der Waals surface area contributed by atoms with Crippen molar-refractivity contribution in [1.82, 2.24) is 0 Å². The average Bonchev–Trinajstić information content (AvgIpc) is 2.30. The standard InChI is InChI=1S/C8H9BrO2/c1-5(2)7-3-6(4-10)11-8(7)9/h3-5H,1-2H3. The predicted octanol–water partition coefficient (Wildman–Crippen LogP) is 2.98. The Balaban J connectivity index is 3.06. The van der Waals surface area contributed by atoms with Gasteiger partial charge in [-0.15, -0.1) is 0 Å². The van der Waals surface area contributed by atoms with Crippen LogP contribution in [0.4, 0.5) is 0 Å². The monoisotopic (exact) mass is 216 g/mol. The van der Waals surface area contributed by atoms with Crippen molar-refractivity contribution in [2.24, 2.45) is 0 Å². The molecule has 1 rings (SSSR count). The fourth-order valence-electron chi connectivity index (χ4n) is 0.854. The van der Waals surface area contributed by atoms with E-state index in [0.29, 0.717) is 22.6 Å². The van der Waals surface area contributed by atoms with Crippen molar-refractivity contribution < 1.29 is 9.21 Å². The van der Waals surface area contributed by atoms with Crippen LogP contribution in [0.5, 0.6) is 0 Å². The smallest absolute Gasteiger partial charge is 0.185 e. The maximum atomic E-state index is 10.3. The van der Waals surface area contributed by atoms with Crippen molar-refractivity contribution in [3.05, 3.63) is 22.1 Å². The summed E-state index contributed by atoms with van der Waals surface area (Å²) < 4.78 is 5.74. The van der Waals surface area contributed by atoms with E-state index in [4.69, 9.17) is 4.42 Å². The second kappa shape index (κ2) is 3.22. The van der Waals surface area contributed by atoms with Gasteiger partial charge in [-0.3, -0.25) is 4.79 Å². The van der Waals surface area contributed by atoms with Crippen LogP contribution in [-0.4, -0.2) is 6.29 Å². The molecule has 0 fully saturated rings. The zero-order valence-corrected chi connectivity index (χ0v) is 8.01. The summed E-state index contributed by atoms with van der Waals surface area (Å²) in [4.78, 5) is 10.3. The first-order chi connectivity index (χ1) is 5.15. The van der Waals surface area contributed by atoms with E-state index in [0.717, 1.165) is 5.56 Å². The van der Waals surface area contributed by atoms with Crippen LogP contribution in [0.25, 0.3) is 0 Å². The van der Waals surface area contributed by atoms with Crippen molar-refractivity contribution in [2.45, 2.75) is 19.8 Å². The van der Waals surface area contributed by atoms with Gasteiger partial charge in [0.2, 0.25) is 0 Å². The fourth-order valence-corrected chi connectivity index (χ4v) is 1.61. The topological polar surface area (TPSA) is 30.2 Å². The first kappa shape index (κ1) is 8.53. The van der Waals surface area contributed by atoms with E-state index in [-0.39, 0.29) is 0 Å². The maximum Gasteiger partial charge on any atom is 0.185 e. The Kier molecular flexibility index (Phi) is 2.49. The second-order valence-corrected chi connectivity index (χ2v) is 3.37. The van der Waals surface area contributed by atoms with E-state index in [1.807, 2.05) is 13.8 Å². The lowest BCUT2D eigenvalue weighted by Crippen LogP contribution is -1.82. The number of furan rings is 1. The third-order valence-electron chi connectivity index (χ3n) is 1.47. The summed E-state index contributed by atoms with van der Waals surface area (Å²) in [5.41, 5.74) is 1.03. The minimum atomic E-state index is 0.376. The lowest BCUT2D eigenvalue weighted by Gasteiger charge is -1.98. The van der Waals surface area contributed by atoms with Crippen LogP contribution in [0.3, 0.4) is 0 Å². The quantitative estimate of drug-likeness (QED) is 0.712. The van der Waals surface area contributed by atoms with E-state index >= 15 is 0 Å². The molecule has 0 radical (unpaired) electrons. The van der Waals surface area contributed by atoms with Crippen LogP contribution in [0.15, 0.2) is 15.2 Å². The summed E-state index contributed by atoms with van der Waals surface area (Å²) in [5.74, 6) is 0.752. The summed E-state index contributed by atoms with van der Waals surface area (Å²) in [6, 6.07) is 1.75. The molecule has 0 aliphatic heterocycles. The Morgan fingerprint density at radius 1 is 1.64 bits per heavy atom. The van der Waals surface area contributed by atoms with Gasteiger partial charge in [-0.25, -0.2) is 0 Å². The Morgan fingerprint density at radius 2 is 2.27 bits per heavy atom. The summed E-state index contributed by atoms with van der Waals surface area (Å²) >= 11 is 3.23. The molecule has 0 N–H and O–H groups in total. The van der Waals surface area contributed by atoms with Crippen molar-refractivity contribution in [3.63, 3.8) is 0 Å². The summed E-state index contributed by atoms with van der Waals surface area (Å²) in [6.45, 7) is 4.09. The van der Waals surface area contributed by atoms with Crippen molar-refractivity contribution in [1.29, 1.82) is 0 Å². The number of carbonyl (C=O) groups excluding carboxylic acids is 1. The molecule has 1 aromatic heterocycles. The molecule has 0 unspecified atom stereocenters. The molecule has 0 spiro atoms. The molecule has 60 valence electrons. The van der Waals surface area contributed by atoms with Crippen LogP contribution in [0, 0.1) is 0 Å². The van der Waals surface area contributed by atoms with E-state index in [9.17, 15) is 4.79 Å². The fraction of sp³-hybridized carbons (Fsp3) is 0.375. The van der Waals surface area contributed by atoms with Crippen LogP contribution in [-0.2, 0) is 0 Å². The molecule has 0 aliphatic carbocycles. The maximum absolute atomic E-state index is 10.3. The van der Waals surface area contributed by atoms with Gasteiger partial charge in [0.15, 0.2) is 16.7 Å². The highest BCUT2D eigenvalue weighted by Gasteiger charge is 2.10. The van der Waals surface area contributed by atoms with Gasteiger partial charge in [0.05, 0.1) is 0 Å². The van der Waals surface area contributed by atoms with Crippen LogP contribution >= 0.6 is 15.9 Å². The minimum Gasteiger partial charge on any atom is -0.446 e. The number of aldehydes is 1. The van der Waals surface area contributed by atoms with Gasteiger partial charge in [-0.05, 0) is 27.9 Å². The molecule has 0 amide bonds. The molecule has 0 aromatic carbocycles. The molecule has 0 saturated carbocycles. The van der Waals surface area contributed by atoms with Gasteiger partial charge in [-0.2, -0.15) is 0 Å². The highest BCUT2D eigenvalue weighted by molar-refractivity contribution is 9.10. The lowest BCUT2D eigenvalue weighted by atomic mass is 10.1.